The van der Waals surface area contributed by atoms with Crippen LogP contribution in [0.25, 0.3) is 0 Å². The zero-order valence-corrected chi connectivity index (χ0v) is 12.6. The molecule has 0 aromatic carbocycles. The van der Waals surface area contributed by atoms with Crippen LogP contribution in [0.2, 0.25) is 0 Å². The van der Waals surface area contributed by atoms with Crippen molar-refractivity contribution < 1.29 is 40.5 Å². The van der Waals surface area contributed by atoms with E-state index >= 15 is 0 Å². The van der Waals surface area contributed by atoms with Gasteiger partial charge in [-0.05, 0) is 26.2 Å². The van der Waals surface area contributed by atoms with Gasteiger partial charge in [0.2, 0.25) is 0 Å². The molecular formula is C13H30O8. The van der Waals surface area contributed by atoms with Gasteiger partial charge in [-0.1, -0.05) is 6.58 Å². The second-order valence-electron chi connectivity index (χ2n) is 3.49. The van der Waals surface area contributed by atoms with E-state index in [9.17, 15) is 4.79 Å². The Bertz CT molecular complexity index is 164. The third-order valence-corrected chi connectivity index (χ3v) is 1.31. The van der Waals surface area contributed by atoms with Crippen molar-refractivity contribution in [3.05, 3.63) is 12.2 Å². The highest BCUT2D eigenvalue weighted by molar-refractivity contribution is 5.84. The van der Waals surface area contributed by atoms with Crippen molar-refractivity contribution in [1.29, 1.82) is 0 Å². The first-order valence-corrected chi connectivity index (χ1v) is 6.43. The normalized spacial score (nSPS) is 8.14. The average Bonchev–Trinajstić information content (AvgIpc) is 2.43. The smallest absolute Gasteiger partial charge is 0.330 e. The summed E-state index contributed by atoms with van der Waals surface area (Å²) in [5.74, 6) is -0.935. The highest BCUT2D eigenvalue weighted by Gasteiger charge is 1.90. The molecule has 130 valence electrons. The molecule has 0 heterocycles. The molecule has 0 aromatic rings. The first-order chi connectivity index (χ1) is 9.89. The highest BCUT2D eigenvalue weighted by Crippen LogP contribution is 1.81. The summed E-state index contributed by atoms with van der Waals surface area (Å²) >= 11 is 0. The summed E-state index contributed by atoms with van der Waals surface area (Å²) in [6.07, 6.45) is 1.50. The van der Waals surface area contributed by atoms with Crippen LogP contribution in [0.4, 0.5) is 0 Å². The molecule has 8 heteroatoms. The zero-order chi connectivity index (χ0) is 17.5. The standard InChI is InChI=1S/C4H6O2.3C3H8O2/c1-3(2)4(5)6;3*4-2-1-3-5/h1H2,2H3,(H,5,6);3*4-5H,1-3H2. The van der Waals surface area contributed by atoms with E-state index in [1.807, 2.05) is 0 Å². The van der Waals surface area contributed by atoms with Gasteiger partial charge in [-0.2, -0.15) is 0 Å². The van der Waals surface area contributed by atoms with E-state index in [0.717, 1.165) is 0 Å². The summed E-state index contributed by atoms with van der Waals surface area (Å²) in [6, 6.07) is 0. The molecule has 0 rings (SSSR count). The predicted molar refractivity (Wildman–Crippen MR) is 78.8 cm³/mol. The third kappa shape index (κ3) is 67.9. The lowest BCUT2D eigenvalue weighted by Crippen LogP contribution is -1.92. The Balaban J connectivity index is -0.0000000921. The lowest BCUT2D eigenvalue weighted by Gasteiger charge is -1.79. The maximum Gasteiger partial charge on any atom is 0.330 e. The molecule has 0 saturated heterocycles. The van der Waals surface area contributed by atoms with Crippen LogP contribution in [0.5, 0.6) is 0 Å². The van der Waals surface area contributed by atoms with Gasteiger partial charge in [0.1, 0.15) is 0 Å². The fourth-order valence-corrected chi connectivity index (χ4v) is 0.212. The van der Waals surface area contributed by atoms with Crippen molar-refractivity contribution in [2.24, 2.45) is 0 Å². The molecule has 0 aliphatic carbocycles. The predicted octanol–water partition coefficient (Wildman–Crippen LogP) is -1.27. The minimum absolute atomic E-state index is 0.0938. The van der Waals surface area contributed by atoms with Crippen molar-refractivity contribution >= 4 is 5.97 Å². The minimum atomic E-state index is -0.935. The summed E-state index contributed by atoms with van der Waals surface area (Å²) in [6.45, 7) is 5.16. The van der Waals surface area contributed by atoms with Gasteiger partial charge in [0.25, 0.3) is 0 Å². The number of carboxylic acid groups (broad SMARTS) is 1. The zero-order valence-electron chi connectivity index (χ0n) is 12.6. The number of carbonyl (C=O) groups is 1. The Kier molecular flexibility index (Phi) is 42.1. The summed E-state index contributed by atoms with van der Waals surface area (Å²) in [7, 11) is 0. The fourth-order valence-electron chi connectivity index (χ4n) is 0.212. The molecule has 21 heavy (non-hydrogen) atoms. The number of carboxylic acids is 1. The molecule has 0 saturated carbocycles. The van der Waals surface area contributed by atoms with E-state index < -0.39 is 5.97 Å². The van der Waals surface area contributed by atoms with Gasteiger partial charge in [0.05, 0.1) is 0 Å². The van der Waals surface area contributed by atoms with Crippen LogP contribution < -0.4 is 0 Å². The molecular weight excluding hydrogens is 284 g/mol. The topological polar surface area (TPSA) is 159 Å². The van der Waals surface area contributed by atoms with E-state index in [2.05, 4.69) is 6.58 Å². The summed E-state index contributed by atoms with van der Waals surface area (Å²) < 4.78 is 0. The molecule has 0 unspecified atom stereocenters. The lowest BCUT2D eigenvalue weighted by atomic mass is 10.4. The van der Waals surface area contributed by atoms with E-state index in [1.165, 1.54) is 6.92 Å². The molecule has 7 N–H and O–H groups in total. The number of aliphatic carboxylic acids is 1. The Morgan fingerprint density at radius 1 is 0.714 bits per heavy atom. The molecule has 0 bridgehead atoms. The van der Waals surface area contributed by atoms with Gasteiger partial charge < -0.3 is 35.7 Å². The molecule has 0 fully saturated rings. The Morgan fingerprint density at radius 3 is 0.857 bits per heavy atom. The van der Waals surface area contributed by atoms with Crippen molar-refractivity contribution in [2.45, 2.75) is 26.2 Å². The SMILES string of the molecule is C=C(C)C(=O)O.OCCCO.OCCCO.OCCCO. The van der Waals surface area contributed by atoms with Crippen molar-refractivity contribution in [3.63, 3.8) is 0 Å². The molecule has 0 radical (unpaired) electrons. The van der Waals surface area contributed by atoms with Crippen LogP contribution in [0.3, 0.4) is 0 Å². The largest absolute Gasteiger partial charge is 0.478 e. The third-order valence-electron chi connectivity index (χ3n) is 1.31. The number of rotatable bonds is 7. The van der Waals surface area contributed by atoms with Gasteiger partial charge >= 0.3 is 5.97 Å². The minimum Gasteiger partial charge on any atom is -0.478 e. The summed E-state index contributed by atoms with van der Waals surface area (Å²) in [5, 5.41) is 55.3. The lowest BCUT2D eigenvalue weighted by molar-refractivity contribution is -0.132. The van der Waals surface area contributed by atoms with Gasteiger partial charge in [-0.3, -0.25) is 0 Å². The van der Waals surface area contributed by atoms with Crippen LogP contribution in [0.15, 0.2) is 12.2 Å². The first kappa shape index (κ1) is 28.2. The average molecular weight is 314 g/mol. The first-order valence-electron chi connectivity index (χ1n) is 6.43. The molecule has 0 aliphatic rings. The number of hydrogen-bond donors (Lipinski definition) is 7. The number of hydrogen-bond acceptors (Lipinski definition) is 7. The van der Waals surface area contributed by atoms with Crippen molar-refractivity contribution in [2.75, 3.05) is 39.6 Å². The Morgan fingerprint density at radius 2 is 0.857 bits per heavy atom. The van der Waals surface area contributed by atoms with Gasteiger partial charge in [0, 0.05) is 45.2 Å². The Labute approximate surface area is 125 Å². The van der Waals surface area contributed by atoms with Crippen LogP contribution >= 0.6 is 0 Å². The molecule has 0 amide bonds. The maximum absolute atomic E-state index is 9.60. The van der Waals surface area contributed by atoms with Gasteiger partial charge in [-0.25, -0.2) is 4.79 Å². The summed E-state index contributed by atoms with van der Waals surface area (Å²) in [4.78, 5) is 9.60. The van der Waals surface area contributed by atoms with Gasteiger partial charge in [0.15, 0.2) is 0 Å². The molecule has 0 spiro atoms. The highest BCUT2D eigenvalue weighted by atomic mass is 16.4. The van der Waals surface area contributed by atoms with Crippen LogP contribution in [0, 0.1) is 0 Å². The van der Waals surface area contributed by atoms with Crippen LogP contribution in [0.1, 0.15) is 26.2 Å². The summed E-state index contributed by atoms with van der Waals surface area (Å²) in [5.41, 5.74) is 0.176. The van der Waals surface area contributed by atoms with E-state index in [-0.39, 0.29) is 45.2 Å². The fraction of sp³-hybridized carbons (Fsp3) is 0.769. The van der Waals surface area contributed by atoms with Crippen molar-refractivity contribution in [1.82, 2.24) is 0 Å². The Hall–Kier alpha value is -1.03. The molecule has 0 atom stereocenters. The maximum atomic E-state index is 9.60. The second-order valence-corrected chi connectivity index (χ2v) is 3.49. The quantitative estimate of drug-likeness (QED) is 0.286. The molecule has 0 aliphatic heterocycles. The molecule has 8 nitrogen and oxygen atoms in total. The number of aliphatic hydroxyl groups is 6. The van der Waals surface area contributed by atoms with Crippen LogP contribution in [-0.2, 0) is 4.79 Å². The van der Waals surface area contributed by atoms with Crippen molar-refractivity contribution in [3.8, 4) is 0 Å². The molecule has 0 aromatic heterocycles. The second kappa shape index (κ2) is 31.4. The van der Waals surface area contributed by atoms with Gasteiger partial charge in [-0.15, -0.1) is 0 Å². The van der Waals surface area contributed by atoms with E-state index in [4.69, 9.17) is 35.7 Å². The van der Waals surface area contributed by atoms with Crippen LogP contribution in [-0.4, -0.2) is 81.4 Å². The monoisotopic (exact) mass is 314 g/mol. The van der Waals surface area contributed by atoms with E-state index in [0.29, 0.717) is 19.3 Å². The number of aliphatic hydroxyl groups excluding tert-OH is 6. The van der Waals surface area contributed by atoms with E-state index in [1.54, 1.807) is 0 Å².